The lowest BCUT2D eigenvalue weighted by atomic mass is 10.3. The molecule has 1 rings (SSSR count). The topological polar surface area (TPSA) is 65.4 Å². The van der Waals surface area contributed by atoms with Crippen LogP contribution in [0.25, 0.3) is 0 Å². The molecule has 0 saturated carbocycles. The van der Waals surface area contributed by atoms with E-state index in [9.17, 15) is 13.2 Å². The predicted octanol–water partition coefficient (Wildman–Crippen LogP) is 1.80. The highest BCUT2D eigenvalue weighted by molar-refractivity contribution is 7.91. The van der Waals surface area contributed by atoms with E-state index in [-0.39, 0.29) is 12.3 Å². The molecule has 0 N–H and O–H groups in total. The van der Waals surface area contributed by atoms with Crippen molar-refractivity contribution in [3.05, 3.63) is 23.5 Å². The number of ether oxygens (including phenoxy) is 1. The zero-order chi connectivity index (χ0) is 14.6. The molecule has 0 aliphatic carbocycles. The number of aromatic nitrogens is 1. The molecule has 0 amide bonds. The molecule has 0 bridgehead atoms. The Morgan fingerprint density at radius 3 is 2.58 bits per heavy atom. The summed E-state index contributed by atoms with van der Waals surface area (Å²) in [6.07, 6.45) is 1.72. The molecule has 1 aromatic rings. The Bertz CT molecular complexity index is 543. The van der Waals surface area contributed by atoms with Gasteiger partial charge in [-0.3, -0.25) is 0 Å². The summed E-state index contributed by atoms with van der Waals surface area (Å²) >= 11 is 0. The number of esters is 1. The minimum atomic E-state index is -3.11. The number of hydrogen-bond donors (Lipinski definition) is 0. The Hall–Kier alpha value is -1.30. The van der Waals surface area contributed by atoms with Crippen molar-refractivity contribution in [3.63, 3.8) is 0 Å². The van der Waals surface area contributed by atoms with Gasteiger partial charge in [-0.05, 0) is 39.3 Å². The van der Waals surface area contributed by atoms with Crippen molar-refractivity contribution in [2.45, 2.75) is 39.5 Å². The Morgan fingerprint density at radius 2 is 2.05 bits per heavy atom. The molecule has 6 heteroatoms. The van der Waals surface area contributed by atoms with Gasteiger partial charge in [0.2, 0.25) is 0 Å². The van der Waals surface area contributed by atoms with Gasteiger partial charge in [-0.15, -0.1) is 0 Å². The third kappa shape index (κ3) is 3.83. The quantitative estimate of drug-likeness (QED) is 0.748. The van der Waals surface area contributed by atoms with Crippen LogP contribution >= 0.6 is 0 Å². The maximum atomic E-state index is 11.8. The Balaban J connectivity index is 2.89. The molecule has 0 radical (unpaired) electrons. The van der Waals surface area contributed by atoms with Crippen LogP contribution in [0.4, 0.5) is 0 Å². The number of nitrogens with zero attached hydrogens (tertiary/aromatic N) is 1. The van der Waals surface area contributed by atoms with Crippen molar-refractivity contribution in [2.24, 2.45) is 0 Å². The van der Waals surface area contributed by atoms with E-state index in [2.05, 4.69) is 0 Å². The van der Waals surface area contributed by atoms with Gasteiger partial charge in [0.25, 0.3) is 0 Å². The van der Waals surface area contributed by atoms with Crippen LogP contribution in [-0.2, 0) is 21.1 Å². The van der Waals surface area contributed by atoms with Crippen LogP contribution in [0.1, 0.15) is 36.8 Å². The summed E-state index contributed by atoms with van der Waals surface area (Å²) in [6.45, 7) is 7.42. The lowest BCUT2D eigenvalue weighted by molar-refractivity contribution is 0.0513. The molecule has 0 unspecified atom stereocenters. The van der Waals surface area contributed by atoms with Crippen LogP contribution in [0.5, 0.6) is 0 Å². The Morgan fingerprint density at radius 1 is 1.42 bits per heavy atom. The van der Waals surface area contributed by atoms with Crippen molar-refractivity contribution in [1.82, 2.24) is 4.57 Å². The Labute approximate surface area is 114 Å². The molecule has 0 aromatic carbocycles. The van der Waals surface area contributed by atoms with E-state index in [1.165, 1.54) is 0 Å². The third-order valence-corrected chi connectivity index (χ3v) is 5.16. The third-order valence-electron chi connectivity index (χ3n) is 2.97. The molecule has 0 spiro atoms. The van der Waals surface area contributed by atoms with Crippen LogP contribution in [0.2, 0.25) is 0 Å². The average molecular weight is 287 g/mol. The van der Waals surface area contributed by atoms with Gasteiger partial charge in [-0.2, -0.15) is 0 Å². The van der Waals surface area contributed by atoms with Crippen LogP contribution in [0.15, 0.2) is 12.3 Å². The first-order valence-electron chi connectivity index (χ1n) is 6.34. The van der Waals surface area contributed by atoms with Gasteiger partial charge in [0, 0.05) is 12.7 Å². The van der Waals surface area contributed by atoms with E-state index < -0.39 is 21.1 Å². The second-order valence-corrected chi connectivity index (χ2v) is 7.35. The minimum Gasteiger partial charge on any atom is -0.461 e. The molecule has 0 atom stereocenters. The van der Waals surface area contributed by atoms with E-state index in [0.717, 1.165) is 5.56 Å². The predicted molar refractivity (Wildman–Crippen MR) is 74.0 cm³/mol. The molecule has 0 saturated heterocycles. The summed E-state index contributed by atoms with van der Waals surface area (Å²) in [5.74, 6) is -0.391. The van der Waals surface area contributed by atoms with E-state index in [1.807, 2.05) is 0 Å². The highest BCUT2D eigenvalue weighted by atomic mass is 32.2. The molecular formula is C13H21NO4S. The first kappa shape index (κ1) is 15.8. The molecule has 0 fully saturated rings. The van der Waals surface area contributed by atoms with Gasteiger partial charge < -0.3 is 9.30 Å². The van der Waals surface area contributed by atoms with E-state index >= 15 is 0 Å². The first-order chi connectivity index (χ1) is 8.79. The largest absolute Gasteiger partial charge is 0.461 e. The minimum absolute atomic E-state index is 0.0190. The smallest absolute Gasteiger partial charge is 0.355 e. The number of hydrogen-bond acceptors (Lipinski definition) is 4. The van der Waals surface area contributed by atoms with Crippen molar-refractivity contribution in [2.75, 3.05) is 12.4 Å². The highest BCUT2D eigenvalue weighted by Gasteiger charge is 2.19. The summed E-state index contributed by atoms with van der Waals surface area (Å²) in [6, 6.07) is 1.79. The number of aryl methyl sites for hydroxylation is 2. The standard InChI is InChI=1S/C13H21NO4S/c1-5-18-13(15)12-11(4)6-7-14(12)8-9-19(16,17)10(2)3/h6-7,10H,5,8-9H2,1-4H3. The molecule has 0 aliphatic rings. The fraction of sp³-hybridized carbons (Fsp3) is 0.615. The fourth-order valence-corrected chi connectivity index (χ4v) is 2.63. The average Bonchev–Trinajstić information content (AvgIpc) is 2.68. The lowest BCUT2D eigenvalue weighted by Gasteiger charge is -2.11. The normalized spacial score (nSPS) is 11.8. The van der Waals surface area contributed by atoms with Crippen molar-refractivity contribution < 1.29 is 17.9 Å². The lowest BCUT2D eigenvalue weighted by Crippen LogP contribution is -2.23. The van der Waals surface area contributed by atoms with Crippen LogP contribution in [-0.4, -0.2) is 36.6 Å². The number of carbonyl (C=O) groups excluding carboxylic acids is 1. The summed E-state index contributed by atoms with van der Waals surface area (Å²) < 4.78 is 30.2. The van der Waals surface area contributed by atoms with Crippen LogP contribution in [0.3, 0.4) is 0 Å². The SMILES string of the molecule is CCOC(=O)c1c(C)ccn1CCS(=O)(=O)C(C)C. The maximum Gasteiger partial charge on any atom is 0.355 e. The first-order valence-corrected chi connectivity index (χ1v) is 8.05. The highest BCUT2D eigenvalue weighted by Crippen LogP contribution is 2.13. The van der Waals surface area contributed by atoms with Gasteiger partial charge in [0.05, 0.1) is 17.6 Å². The molecular weight excluding hydrogens is 266 g/mol. The second kappa shape index (κ2) is 6.23. The van der Waals surface area contributed by atoms with Gasteiger partial charge in [0.15, 0.2) is 9.84 Å². The number of rotatable bonds is 6. The summed E-state index contributed by atoms with van der Waals surface area (Å²) in [7, 11) is -3.11. The van der Waals surface area contributed by atoms with E-state index in [4.69, 9.17) is 4.74 Å². The molecule has 1 heterocycles. The van der Waals surface area contributed by atoms with Gasteiger partial charge in [0.1, 0.15) is 5.69 Å². The zero-order valence-electron chi connectivity index (χ0n) is 11.8. The van der Waals surface area contributed by atoms with E-state index in [0.29, 0.717) is 12.3 Å². The molecule has 19 heavy (non-hydrogen) atoms. The van der Waals surface area contributed by atoms with Gasteiger partial charge >= 0.3 is 5.97 Å². The van der Waals surface area contributed by atoms with Crippen LogP contribution in [0, 0.1) is 6.92 Å². The molecule has 108 valence electrons. The zero-order valence-corrected chi connectivity index (χ0v) is 12.7. The summed E-state index contributed by atoms with van der Waals surface area (Å²) in [5, 5.41) is -0.407. The summed E-state index contributed by atoms with van der Waals surface area (Å²) in [4.78, 5) is 11.8. The van der Waals surface area contributed by atoms with Crippen molar-refractivity contribution >= 4 is 15.8 Å². The number of sulfone groups is 1. The monoisotopic (exact) mass is 287 g/mol. The maximum absolute atomic E-state index is 11.8. The van der Waals surface area contributed by atoms with Gasteiger partial charge in [-0.25, -0.2) is 13.2 Å². The van der Waals surface area contributed by atoms with Crippen molar-refractivity contribution in [3.8, 4) is 0 Å². The van der Waals surface area contributed by atoms with E-state index in [1.54, 1.807) is 44.5 Å². The molecule has 5 nitrogen and oxygen atoms in total. The fourth-order valence-electron chi connectivity index (χ4n) is 1.71. The van der Waals surface area contributed by atoms with Gasteiger partial charge in [-0.1, -0.05) is 0 Å². The summed E-state index contributed by atoms with van der Waals surface area (Å²) in [5.41, 5.74) is 1.22. The van der Waals surface area contributed by atoms with Crippen molar-refractivity contribution in [1.29, 1.82) is 0 Å². The van der Waals surface area contributed by atoms with Crippen LogP contribution < -0.4 is 0 Å². The number of carbonyl (C=O) groups is 1. The second-order valence-electron chi connectivity index (χ2n) is 4.68. The molecule has 0 aliphatic heterocycles. The Kier molecular flexibility index (Phi) is 5.17. The molecule has 1 aromatic heterocycles.